The normalized spacial score (nSPS) is 18.0. The van der Waals surface area contributed by atoms with Gasteiger partial charge in [0.2, 0.25) is 11.5 Å². The van der Waals surface area contributed by atoms with Crippen LogP contribution in [0, 0.1) is 5.82 Å². The van der Waals surface area contributed by atoms with Crippen LogP contribution in [0.5, 0.6) is 5.75 Å². The Kier molecular flexibility index (Phi) is 6.41. The fraction of sp³-hybridized carbons (Fsp3) is 0.259. The number of nitrogens with two attached hydrogens (primary N) is 1. The number of rotatable bonds is 6. The monoisotopic (exact) mass is 573 g/mol. The minimum absolute atomic E-state index is 0.0411. The van der Waals surface area contributed by atoms with Crippen molar-refractivity contribution in [1.82, 2.24) is 19.9 Å². The maximum atomic E-state index is 14.5. The number of hydrogen-bond acceptors (Lipinski definition) is 6. The molecule has 3 heterocycles. The zero-order valence-electron chi connectivity index (χ0n) is 21.6. The molecule has 0 aliphatic carbocycles. The number of benzene rings is 2. The van der Waals surface area contributed by atoms with E-state index in [-0.39, 0.29) is 34.7 Å². The first kappa shape index (κ1) is 27.8. The smallest absolute Gasteiger partial charge is 0.424 e. The number of ether oxygens (including phenoxy) is 1. The van der Waals surface area contributed by atoms with Crippen LogP contribution in [0.4, 0.5) is 17.6 Å². The van der Waals surface area contributed by atoms with E-state index >= 15 is 0 Å². The summed E-state index contributed by atoms with van der Waals surface area (Å²) in [5, 5.41) is 13.2. The maximum absolute atomic E-state index is 14.5. The number of carbonyl (C=O) groups excluding carboxylic acids is 2. The van der Waals surface area contributed by atoms with Gasteiger partial charge >= 0.3 is 11.9 Å². The molecule has 0 fully saturated rings. The Morgan fingerprint density at radius 1 is 1.20 bits per heavy atom. The summed E-state index contributed by atoms with van der Waals surface area (Å²) >= 11 is 0. The van der Waals surface area contributed by atoms with E-state index in [1.807, 2.05) is 0 Å². The van der Waals surface area contributed by atoms with Gasteiger partial charge in [-0.1, -0.05) is 0 Å². The number of primary amides is 1. The highest BCUT2D eigenvalue weighted by molar-refractivity contribution is 5.97. The number of carbonyl (C=O) groups is 2. The van der Waals surface area contributed by atoms with Crippen LogP contribution in [-0.4, -0.2) is 50.8 Å². The highest BCUT2D eigenvalue weighted by Crippen LogP contribution is 2.47. The number of imidazole rings is 1. The summed E-state index contributed by atoms with van der Waals surface area (Å²) in [4.78, 5) is 43.7. The Morgan fingerprint density at radius 3 is 2.51 bits per heavy atom. The molecule has 4 aromatic rings. The summed E-state index contributed by atoms with van der Waals surface area (Å²) in [5.74, 6) is -2.51. The minimum atomic E-state index is -5.36. The van der Waals surface area contributed by atoms with E-state index in [1.165, 1.54) is 48.9 Å². The van der Waals surface area contributed by atoms with Gasteiger partial charge in [-0.3, -0.25) is 14.2 Å². The fourth-order valence-electron chi connectivity index (χ4n) is 4.61. The van der Waals surface area contributed by atoms with E-state index < -0.39 is 52.8 Å². The number of aliphatic hydroxyl groups is 1. The lowest BCUT2D eigenvalue weighted by molar-refractivity contribution is -0.265. The molecule has 0 unspecified atom stereocenters. The number of fused-ring (bicyclic) bond motifs is 2. The number of aryl methyl sites for hydroxylation is 1. The SMILES string of the molecule is Cn1c(=O)[nH]c2ccc(C(=O)NC[C@](O)(c3cc4c(c(-c5ccc(F)cc5)n3)OC[C@]4(C)C(N)=O)C(F)(F)F)cc21. The molecule has 5 rings (SSSR count). The molecular weight excluding hydrogens is 550 g/mol. The lowest BCUT2D eigenvalue weighted by atomic mass is 9.81. The van der Waals surface area contributed by atoms with Crippen LogP contribution in [0.1, 0.15) is 28.5 Å². The van der Waals surface area contributed by atoms with Gasteiger partial charge < -0.3 is 25.9 Å². The molecule has 0 bridgehead atoms. The third-order valence-corrected chi connectivity index (χ3v) is 7.30. The molecule has 2 atom stereocenters. The maximum Gasteiger partial charge on any atom is 0.424 e. The number of H-pyrrole nitrogens is 1. The molecule has 0 saturated carbocycles. The average Bonchev–Trinajstić information content (AvgIpc) is 3.42. The van der Waals surface area contributed by atoms with Crippen molar-refractivity contribution in [3.8, 4) is 17.0 Å². The number of nitrogens with one attached hydrogen (secondary N) is 2. The predicted molar refractivity (Wildman–Crippen MR) is 137 cm³/mol. The Morgan fingerprint density at radius 2 is 1.88 bits per heavy atom. The third-order valence-electron chi connectivity index (χ3n) is 7.30. The Labute approximate surface area is 228 Å². The molecule has 0 radical (unpaired) electrons. The zero-order valence-corrected chi connectivity index (χ0v) is 21.6. The average molecular weight is 574 g/mol. The van der Waals surface area contributed by atoms with Crippen LogP contribution in [-0.2, 0) is 22.9 Å². The second kappa shape index (κ2) is 9.44. The van der Waals surface area contributed by atoms with Crippen molar-refractivity contribution < 1.29 is 37.0 Å². The van der Waals surface area contributed by atoms with E-state index in [1.54, 1.807) is 0 Å². The molecule has 41 heavy (non-hydrogen) atoms. The molecule has 2 aromatic carbocycles. The quantitative estimate of drug-likeness (QED) is 0.260. The van der Waals surface area contributed by atoms with Gasteiger partial charge in [-0.2, -0.15) is 13.2 Å². The molecule has 0 spiro atoms. The van der Waals surface area contributed by atoms with Gasteiger partial charge in [0.1, 0.15) is 29.3 Å². The van der Waals surface area contributed by atoms with Crippen molar-refractivity contribution in [1.29, 1.82) is 0 Å². The predicted octanol–water partition coefficient (Wildman–Crippen LogP) is 2.38. The Bertz CT molecular complexity index is 1760. The standard InChI is InChI=1S/C27H23F4N5O5/c1-25(23(32)38)12-41-21-16(25)10-19(35-20(21)13-3-6-15(28)7-4-13)26(40,27(29,30)31)11-33-22(37)14-5-8-17-18(9-14)36(2)24(39)34-17/h3-10,40H,11-12H2,1-2H3,(H2,32,38)(H,33,37)(H,34,39)/t25-,26-/m0/s1. The van der Waals surface area contributed by atoms with Crippen LogP contribution in [0.25, 0.3) is 22.3 Å². The van der Waals surface area contributed by atoms with Crippen molar-refractivity contribution in [2.24, 2.45) is 12.8 Å². The molecule has 1 aliphatic heterocycles. The lowest BCUT2D eigenvalue weighted by Gasteiger charge is -2.31. The second-order valence-corrected chi connectivity index (χ2v) is 9.99. The van der Waals surface area contributed by atoms with Crippen molar-refractivity contribution in [2.45, 2.75) is 24.1 Å². The molecule has 1 aliphatic rings. The highest BCUT2D eigenvalue weighted by Gasteiger charge is 2.57. The first-order valence-electron chi connectivity index (χ1n) is 12.2. The largest absolute Gasteiger partial charge is 0.489 e. The summed E-state index contributed by atoms with van der Waals surface area (Å²) in [6.45, 7) is -0.289. The summed E-state index contributed by atoms with van der Waals surface area (Å²) in [7, 11) is 1.45. The van der Waals surface area contributed by atoms with E-state index in [2.05, 4.69) is 15.3 Å². The van der Waals surface area contributed by atoms with Crippen LogP contribution in [0.15, 0.2) is 53.3 Å². The second-order valence-electron chi connectivity index (χ2n) is 9.99. The van der Waals surface area contributed by atoms with Crippen LogP contribution in [0.2, 0.25) is 0 Å². The van der Waals surface area contributed by atoms with Gasteiger partial charge in [0, 0.05) is 23.7 Å². The molecule has 214 valence electrons. The van der Waals surface area contributed by atoms with Gasteiger partial charge in [-0.05, 0) is 55.5 Å². The van der Waals surface area contributed by atoms with E-state index in [0.29, 0.717) is 11.0 Å². The number of hydrogen-bond donors (Lipinski definition) is 4. The zero-order chi connectivity index (χ0) is 29.9. The van der Waals surface area contributed by atoms with Crippen molar-refractivity contribution in [3.63, 3.8) is 0 Å². The fourth-order valence-corrected chi connectivity index (χ4v) is 4.61. The summed E-state index contributed by atoms with van der Waals surface area (Å²) < 4.78 is 64.1. The van der Waals surface area contributed by atoms with Crippen molar-refractivity contribution in [3.05, 3.63) is 81.7 Å². The highest BCUT2D eigenvalue weighted by atomic mass is 19.4. The van der Waals surface area contributed by atoms with Gasteiger partial charge in [0.25, 0.3) is 5.91 Å². The topological polar surface area (TPSA) is 152 Å². The number of halogens is 4. The molecule has 2 amide bonds. The number of amides is 2. The van der Waals surface area contributed by atoms with E-state index in [9.17, 15) is 37.1 Å². The Hall–Kier alpha value is -4.72. The van der Waals surface area contributed by atoms with Gasteiger partial charge in [0.15, 0.2) is 0 Å². The summed E-state index contributed by atoms with van der Waals surface area (Å²) in [6.07, 6.45) is -5.36. The Balaban J connectivity index is 1.59. The molecular formula is C27H23F4N5O5. The van der Waals surface area contributed by atoms with Gasteiger partial charge in [0.05, 0.1) is 23.3 Å². The van der Waals surface area contributed by atoms with E-state index in [0.717, 1.165) is 18.2 Å². The third kappa shape index (κ3) is 4.49. The van der Waals surface area contributed by atoms with Crippen molar-refractivity contribution >= 4 is 22.8 Å². The first-order valence-corrected chi connectivity index (χ1v) is 12.2. The van der Waals surface area contributed by atoms with Crippen LogP contribution in [0.3, 0.4) is 0 Å². The summed E-state index contributed by atoms with van der Waals surface area (Å²) in [5.41, 5.74) is -0.543. The lowest BCUT2D eigenvalue weighted by Crippen LogP contribution is -2.51. The van der Waals surface area contributed by atoms with Crippen LogP contribution >= 0.6 is 0 Å². The van der Waals surface area contributed by atoms with Crippen molar-refractivity contribution in [2.75, 3.05) is 13.2 Å². The minimum Gasteiger partial charge on any atom is -0.489 e. The van der Waals surface area contributed by atoms with Gasteiger partial charge in [-0.15, -0.1) is 0 Å². The number of alkyl halides is 3. The first-order chi connectivity index (χ1) is 19.2. The molecule has 0 saturated heterocycles. The molecule has 14 heteroatoms. The summed E-state index contributed by atoms with van der Waals surface area (Å²) in [6, 6.07) is 9.54. The van der Waals surface area contributed by atoms with Gasteiger partial charge in [-0.25, -0.2) is 14.2 Å². The number of pyridine rings is 1. The van der Waals surface area contributed by atoms with E-state index in [4.69, 9.17) is 10.5 Å². The number of nitrogens with zero attached hydrogens (tertiary/aromatic N) is 2. The van der Waals surface area contributed by atoms with Crippen LogP contribution < -0.4 is 21.5 Å². The molecule has 5 N–H and O–H groups in total. The number of aromatic nitrogens is 3. The molecule has 10 nitrogen and oxygen atoms in total. The molecule has 2 aromatic heterocycles. The number of aromatic amines is 1.